The molecule has 20 heavy (non-hydrogen) atoms. The monoisotopic (exact) mass is 276 g/mol. The second-order valence-corrected chi connectivity index (χ2v) is 5.35. The minimum Gasteiger partial charge on any atom is -0.493 e. The summed E-state index contributed by atoms with van der Waals surface area (Å²) >= 11 is 0. The molecule has 1 aromatic rings. The molecular formula is C16H24N2O2. The van der Waals surface area contributed by atoms with E-state index in [0.717, 1.165) is 29.7 Å². The van der Waals surface area contributed by atoms with Crippen molar-refractivity contribution in [3.8, 4) is 5.75 Å². The minimum absolute atomic E-state index is 0.0185. The van der Waals surface area contributed by atoms with Gasteiger partial charge < -0.3 is 15.8 Å². The Kier molecular flexibility index (Phi) is 4.65. The highest BCUT2D eigenvalue weighted by atomic mass is 16.5. The lowest BCUT2D eigenvalue weighted by Gasteiger charge is -2.29. The SMILES string of the molecule is CCC(=O)NC1CCOc2c(CC)cc(C(C)N)cc21. The summed E-state index contributed by atoms with van der Waals surface area (Å²) in [5.74, 6) is 1.01. The largest absolute Gasteiger partial charge is 0.493 e. The molecule has 0 bridgehead atoms. The highest BCUT2D eigenvalue weighted by Gasteiger charge is 2.25. The van der Waals surface area contributed by atoms with Gasteiger partial charge in [-0.25, -0.2) is 0 Å². The summed E-state index contributed by atoms with van der Waals surface area (Å²) in [6, 6.07) is 4.22. The van der Waals surface area contributed by atoms with Gasteiger partial charge in [0.25, 0.3) is 0 Å². The molecule has 1 amide bonds. The van der Waals surface area contributed by atoms with E-state index in [0.29, 0.717) is 13.0 Å². The van der Waals surface area contributed by atoms with Crippen molar-refractivity contribution in [1.82, 2.24) is 5.32 Å². The molecule has 110 valence electrons. The average Bonchev–Trinajstić information content (AvgIpc) is 2.46. The molecule has 0 fully saturated rings. The summed E-state index contributed by atoms with van der Waals surface area (Å²) in [5, 5.41) is 3.08. The van der Waals surface area contributed by atoms with E-state index in [1.165, 1.54) is 5.56 Å². The van der Waals surface area contributed by atoms with Crippen molar-refractivity contribution in [3.63, 3.8) is 0 Å². The van der Waals surface area contributed by atoms with Crippen LogP contribution in [0.1, 0.15) is 62.4 Å². The zero-order chi connectivity index (χ0) is 14.7. The minimum atomic E-state index is -0.0185. The number of nitrogens with one attached hydrogen (secondary N) is 1. The highest BCUT2D eigenvalue weighted by molar-refractivity contribution is 5.76. The van der Waals surface area contributed by atoms with E-state index in [9.17, 15) is 4.79 Å². The van der Waals surface area contributed by atoms with Crippen LogP contribution in [0.2, 0.25) is 0 Å². The second kappa shape index (κ2) is 6.27. The maximum Gasteiger partial charge on any atom is 0.220 e. The lowest BCUT2D eigenvalue weighted by atomic mass is 9.92. The first kappa shape index (κ1) is 14.9. The quantitative estimate of drug-likeness (QED) is 0.888. The fourth-order valence-corrected chi connectivity index (χ4v) is 2.58. The maximum absolute atomic E-state index is 11.7. The molecule has 1 heterocycles. The number of carbonyl (C=O) groups is 1. The number of nitrogens with two attached hydrogens (primary N) is 1. The third kappa shape index (κ3) is 2.96. The van der Waals surface area contributed by atoms with Gasteiger partial charge in [-0.1, -0.05) is 19.9 Å². The first-order valence-corrected chi connectivity index (χ1v) is 7.41. The molecule has 2 atom stereocenters. The van der Waals surface area contributed by atoms with E-state index < -0.39 is 0 Å². The van der Waals surface area contributed by atoms with Crippen molar-refractivity contribution in [1.29, 1.82) is 0 Å². The Balaban J connectivity index is 2.42. The molecule has 0 aliphatic carbocycles. The smallest absolute Gasteiger partial charge is 0.220 e. The molecule has 4 heteroatoms. The third-order valence-corrected chi connectivity index (χ3v) is 3.81. The number of benzene rings is 1. The summed E-state index contributed by atoms with van der Waals surface area (Å²) in [6.45, 7) is 6.60. The molecule has 0 saturated heterocycles. The predicted octanol–water partition coefficient (Wildman–Crippen LogP) is 2.62. The van der Waals surface area contributed by atoms with Crippen LogP contribution in [-0.2, 0) is 11.2 Å². The molecule has 0 radical (unpaired) electrons. The normalized spacial score (nSPS) is 18.9. The van der Waals surface area contributed by atoms with E-state index in [-0.39, 0.29) is 18.0 Å². The maximum atomic E-state index is 11.7. The molecule has 1 aliphatic heterocycles. The summed E-state index contributed by atoms with van der Waals surface area (Å²) in [6.07, 6.45) is 2.21. The van der Waals surface area contributed by atoms with Gasteiger partial charge in [0, 0.05) is 24.4 Å². The van der Waals surface area contributed by atoms with Crippen LogP contribution in [0.3, 0.4) is 0 Å². The van der Waals surface area contributed by atoms with Gasteiger partial charge in [-0.05, 0) is 30.5 Å². The van der Waals surface area contributed by atoms with E-state index >= 15 is 0 Å². The van der Waals surface area contributed by atoms with Crippen LogP contribution in [-0.4, -0.2) is 12.5 Å². The van der Waals surface area contributed by atoms with Crippen LogP contribution in [0, 0.1) is 0 Å². The molecule has 0 saturated carbocycles. The van der Waals surface area contributed by atoms with Gasteiger partial charge in [0.05, 0.1) is 12.6 Å². The first-order chi connectivity index (χ1) is 9.56. The van der Waals surface area contributed by atoms with Gasteiger partial charge in [-0.3, -0.25) is 4.79 Å². The number of hydrogen-bond donors (Lipinski definition) is 2. The molecular weight excluding hydrogens is 252 g/mol. The summed E-state index contributed by atoms with van der Waals surface area (Å²) in [7, 11) is 0. The van der Waals surface area contributed by atoms with Gasteiger partial charge in [0.2, 0.25) is 5.91 Å². The van der Waals surface area contributed by atoms with Crippen LogP contribution in [0.4, 0.5) is 0 Å². The predicted molar refractivity (Wildman–Crippen MR) is 79.7 cm³/mol. The van der Waals surface area contributed by atoms with Crippen LogP contribution < -0.4 is 15.8 Å². The van der Waals surface area contributed by atoms with Gasteiger partial charge in [-0.2, -0.15) is 0 Å². The van der Waals surface area contributed by atoms with E-state index in [1.807, 2.05) is 13.8 Å². The molecule has 0 spiro atoms. The molecule has 2 unspecified atom stereocenters. The van der Waals surface area contributed by atoms with Crippen LogP contribution in [0.15, 0.2) is 12.1 Å². The van der Waals surface area contributed by atoms with E-state index in [4.69, 9.17) is 10.5 Å². The Morgan fingerprint density at radius 1 is 1.50 bits per heavy atom. The van der Waals surface area contributed by atoms with Gasteiger partial charge in [-0.15, -0.1) is 0 Å². The van der Waals surface area contributed by atoms with Crippen molar-refractivity contribution in [2.45, 2.75) is 52.1 Å². The highest BCUT2D eigenvalue weighted by Crippen LogP contribution is 2.37. The molecule has 3 N–H and O–H groups in total. The van der Waals surface area contributed by atoms with Crippen molar-refractivity contribution in [2.24, 2.45) is 5.73 Å². The average molecular weight is 276 g/mol. The van der Waals surface area contributed by atoms with E-state index in [2.05, 4.69) is 24.4 Å². The first-order valence-electron chi connectivity index (χ1n) is 7.41. The van der Waals surface area contributed by atoms with Crippen molar-refractivity contribution < 1.29 is 9.53 Å². The van der Waals surface area contributed by atoms with Crippen LogP contribution in [0.25, 0.3) is 0 Å². The van der Waals surface area contributed by atoms with Crippen LogP contribution >= 0.6 is 0 Å². The number of amides is 1. The Hall–Kier alpha value is -1.55. The van der Waals surface area contributed by atoms with E-state index in [1.54, 1.807) is 0 Å². The molecule has 1 aliphatic rings. The zero-order valence-electron chi connectivity index (χ0n) is 12.5. The standard InChI is InChI=1S/C16H24N2O2/c1-4-11-8-12(10(3)17)9-13-14(18-15(19)5-2)6-7-20-16(11)13/h8-10,14H,4-7,17H2,1-3H3,(H,18,19). The van der Waals surface area contributed by atoms with Gasteiger partial charge in [0.1, 0.15) is 5.75 Å². The Morgan fingerprint density at radius 2 is 2.25 bits per heavy atom. The third-order valence-electron chi connectivity index (χ3n) is 3.81. The Bertz CT molecular complexity index is 497. The van der Waals surface area contributed by atoms with Crippen molar-refractivity contribution >= 4 is 5.91 Å². The number of aryl methyl sites for hydroxylation is 1. The van der Waals surface area contributed by atoms with Crippen molar-refractivity contribution in [3.05, 3.63) is 28.8 Å². The Morgan fingerprint density at radius 3 is 2.85 bits per heavy atom. The lowest BCUT2D eigenvalue weighted by molar-refractivity contribution is -0.121. The molecule has 4 nitrogen and oxygen atoms in total. The summed E-state index contributed by atoms with van der Waals surface area (Å²) < 4.78 is 5.83. The molecule has 2 rings (SSSR count). The topological polar surface area (TPSA) is 64.3 Å². The zero-order valence-corrected chi connectivity index (χ0v) is 12.5. The molecule has 0 aromatic heterocycles. The number of carbonyl (C=O) groups excluding carboxylic acids is 1. The number of ether oxygens (including phenoxy) is 1. The number of rotatable bonds is 4. The fraction of sp³-hybridized carbons (Fsp3) is 0.562. The van der Waals surface area contributed by atoms with Crippen LogP contribution in [0.5, 0.6) is 5.75 Å². The van der Waals surface area contributed by atoms with Gasteiger partial charge in [0.15, 0.2) is 0 Å². The van der Waals surface area contributed by atoms with Crippen molar-refractivity contribution in [2.75, 3.05) is 6.61 Å². The fourth-order valence-electron chi connectivity index (χ4n) is 2.58. The summed E-state index contributed by atoms with van der Waals surface area (Å²) in [5.41, 5.74) is 9.36. The Labute approximate surface area is 120 Å². The molecule has 1 aromatic carbocycles. The summed E-state index contributed by atoms with van der Waals surface area (Å²) in [4.78, 5) is 11.7. The lowest BCUT2D eigenvalue weighted by Crippen LogP contribution is -2.32. The number of hydrogen-bond acceptors (Lipinski definition) is 3. The second-order valence-electron chi connectivity index (χ2n) is 5.35. The van der Waals surface area contributed by atoms with Gasteiger partial charge >= 0.3 is 0 Å². The number of fused-ring (bicyclic) bond motifs is 1.